The summed E-state index contributed by atoms with van der Waals surface area (Å²) in [5.41, 5.74) is 4.78. The Labute approximate surface area is 168 Å². The van der Waals surface area contributed by atoms with Crippen LogP contribution in [0.3, 0.4) is 0 Å². The number of allylic oxidation sites excluding steroid dienone is 1. The van der Waals surface area contributed by atoms with Crippen LogP contribution in [-0.4, -0.2) is 40.7 Å². The Bertz CT molecular complexity index is 1010. The number of nitrogens with zero attached hydrogens (tertiary/aromatic N) is 3. The van der Waals surface area contributed by atoms with Gasteiger partial charge in [0.05, 0.1) is 28.2 Å². The minimum atomic E-state index is 0.412. The number of aryl methyl sites for hydroxylation is 1. The fraction of sp³-hybridized carbons (Fsp3) is 0.350. The smallest absolute Gasteiger partial charge is 0.181 e. The molecular weight excluding hydrogens is 370 g/mol. The van der Waals surface area contributed by atoms with Crippen LogP contribution >= 0.6 is 11.3 Å². The van der Waals surface area contributed by atoms with E-state index in [2.05, 4.69) is 49.9 Å². The third-order valence-electron chi connectivity index (χ3n) is 4.93. The van der Waals surface area contributed by atoms with E-state index in [4.69, 9.17) is 10.4 Å². The summed E-state index contributed by atoms with van der Waals surface area (Å²) in [5.74, 6) is 1.06. The highest BCUT2D eigenvalue weighted by molar-refractivity contribution is 7.13. The van der Waals surface area contributed by atoms with Crippen LogP contribution in [-0.2, 0) is 0 Å². The maximum atomic E-state index is 7.61. The quantitative estimate of drug-likeness (QED) is 0.481. The molecule has 0 spiro atoms. The van der Waals surface area contributed by atoms with Gasteiger partial charge in [0.2, 0.25) is 0 Å². The van der Waals surface area contributed by atoms with Gasteiger partial charge in [-0.2, -0.15) is 0 Å². The van der Waals surface area contributed by atoms with E-state index >= 15 is 0 Å². The van der Waals surface area contributed by atoms with Crippen LogP contribution in [0.15, 0.2) is 35.7 Å². The standard InChI is InChI=1S/C20H25N7S/c1-13-6-18(28-12-13)17-10-24-19(25-15(7-21)9-22-2)20-26-16(11-27(17)20)14-4-3-5-23-8-14/h6-7,9-12,14,21-23H,3-5,8H2,1-2H3,(H,24,25)/b15-9+,21-7?. The van der Waals surface area contributed by atoms with Crippen LogP contribution in [0.2, 0.25) is 0 Å². The highest BCUT2D eigenvalue weighted by Gasteiger charge is 2.21. The molecule has 4 heterocycles. The molecule has 146 valence electrons. The number of anilines is 1. The topological polar surface area (TPSA) is 90.1 Å². The van der Waals surface area contributed by atoms with E-state index in [0.717, 1.165) is 36.5 Å². The predicted molar refractivity (Wildman–Crippen MR) is 115 cm³/mol. The van der Waals surface area contributed by atoms with Crippen molar-refractivity contribution in [3.05, 3.63) is 47.0 Å². The molecule has 0 aromatic carbocycles. The van der Waals surface area contributed by atoms with Crippen molar-refractivity contribution in [3.63, 3.8) is 0 Å². The molecule has 8 heteroatoms. The van der Waals surface area contributed by atoms with Crippen LogP contribution in [0, 0.1) is 12.3 Å². The molecule has 3 aromatic heterocycles. The monoisotopic (exact) mass is 395 g/mol. The van der Waals surface area contributed by atoms with E-state index < -0.39 is 0 Å². The number of nitrogens with one attached hydrogen (secondary N) is 4. The van der Waals surface area contributed by atoms with Gasteiger partial charge in [0.1, 0.15) is 0 Å². The van der Waals surface area contributed by atoms with Gasteiger partial charge in [-0.15, -0.1) is 11.3 Å². The van der Waals surface area contributed by atoms with Crippen molar-refractivity contribution < 1.29 is 0 Å². The van der Waals surface area contributed by atoms with Crippen LogP contribution in [0.1, 0.15) is 30.0 Å². The Morgan fingerprint density at radius 1 is 1.46 bits per heavy atom. The number of rotatable bonds is 6. The predicted octanol–water partition coefficient (Wildman–Crippen LogP) is 3.36. The summed E-state index contributed by atoms with van der Waals surface area (Å²) < 4.78 is 2.13. The molecule has 1 atom stereocenters. The van der Waals surface area contributed by atoms with E-state index in [-0.39, 0.29) is 0 Å². The lowest BCUT2D eigenvalue weighted by Gasteiger charge is -2.20. The van der Waals surface area contributed by atoms with Gasteiger partial charge in [0.25, 0.3) is 0 Å². The van der Waals surface area contributed by atoms with Gasteiger partial charge in [0.15, 0.2) is 11.5 Å². The van der Waals surface area contributed by atoms with Gasteiger partial charge in [-0.05, 0) is 43.3 Å². The Balaban J connectivity index is 1.82. The van der Waals surface area contributed by atoms with Crippen molar-refractivity contribution >= 4 is 29.0 Å². The van der Waals surface area contributed by atoms with Gasteiger partial charge < -0.3 is 21.4 Å². The van der Waals surface area contributed by atoms with Gasteiger partial charge in [-0.1, -0.05) is 0 Å². The van der Waals surface area contributed by atoms with Crippen molar-refractivity contribution in [2.45, 2.75) is 25.7 Å². The van der Waals surface area contributed by atoms with Crippen molar-refractivity contribution in [2.24, 2.45) is 0 Å². The number of imidazole rings is 1. The van der Waals surface area contributed by atoms with Gasteiger partial charge in [-0.3, -0.25) is 4.40 Å². The molecule has 0 saturated carbocycles. The molecule has 3 aromatic rings. The Hall–Kier alpha value is -2.71. The molecule has 28 heavy (non-hydrogen) atoms. The van der Waals surface area contributed by atoms with E-state index in [9.17, 15) is 0 Å². The van der Waals surface area contributed by atoms with E-state index in [1.165, 1.54) is 23.1 Å². The normalized spacial score (nSPS) is 17.6. The molecule has 1 unspecified atom stereocenters. The summed E-state index contributed by atoms with van der Waals surface area (Å²) in [7, 11) is 1.81. The first-order valence-electron chi connectivity index (χ1n) is 9.48. The number of hydrogen-bond acceptors (Lipinski definition) is 7. The third kappa shape index (κ3) is 3.65. The van der Waals surface area contributed by atoms with Crippen LogP contribution < -0.4 is 16.0 Å². The lowest BCUT2D eigenvalue weighted by molar-refractivity contribution is 0.456. The van der Waals surface area contributed by atoms with E-state index in [1.807, 2.05) is 6.20 Å². The molecule has 1 fully saturated rings. The minimum absolute atomic E-state index is 0.412. The molecule has 1 aliphatic rings. The summed E-state index contributed by atoms with van der Waals surface area (Å²) in [6, 6.07) is 2.18. The summed E-state index contributed by atoms with van der Waals surface area (Å²) in [4.78, 5) is 10.8. The van der Waals surface area contributed by atoms with E-state index in [0.29, 0.717) is 17.4 Å². The number of fused-ring (bicyclic) bond motifs is 1. The van der Waals surface area contributed by atoms with Crippen molar-refractivity contribution in [2.75, 3.05) is 25.5 Å². The first kappa shape index (κ1) is 18.6. The SMILES string of the molecule is CN/C=C(\C=N)Nc1ncc(-c2cc(C)cs2)n2cc(C3CCCNC3)nc12. The maximum Gasteiger partial charge on any atom is 0.181 e. The summed E-state index contributed by atoms with van der Waals surface area (Å²) in [6.45, 7) is 4.14. The molecule has 4 rings (SSSR count). The fourth-order valence-corrected chi connectivity index (χ4v) is 4.44. The van der Waals surface area contributed by atoms with Crippen LogP contribution in [0.5, 0.6) is 0 Å². The van der Waals surface area contributed by atoms with Crippen molar-refractivity contribution in [3.8, 4) is 10.6 Å². The molecular formula is C20H25N7S. The largest absolute Gasteiger partial charge is 0.392 e. The second-order valence-electron chi connectivity index (χ2n) is 7.04. The van der Waals surface area contributed by atoms with E-state index in [1.54, 1.807) is 24.6 Å². The minimum Gasteiger partial charge on any atom is -0.392 e. The Morgan fingerprint density at radius 2 is 2.36 bits per heavy atom. The highest BCUT2D eigenvalue weighted by atomic mass is 32.1. The molecule has 0 radical (unpaired) electrons. The molecule has 0 aliphatic carbocycles. The lowest BCUT2D eigenvalue weighted by atomic mass is 9.97. The second-order valence-corrected chi connectivity index (χ2v) is 7.95. The average molecular weight is 396 g/mol. The first-order valence-corrected chi connectivity index (χ1v) is 10.4. The van der Waals surface area contributed by atoms with Crippen molar-refractivity contribution in [1.82, 2.24) is 25.0 Å². The van der Waals surface area contributed by atoms with Gasteiger partial charge in [-0.25, -0.2) is 9.97 Å². The number of hydrogen-bond donors (Lipinski definition) is 4. The second kappa shape index (κ2) is 8.12. The maximum absolute atomic E-state index is 7.61. The Kier molecular flexibility index (Phi) is 5.40. The molecule has 0 bridgehead atoms. The third-order valence-corrected chi connectivity index (χ3v) is 6.00. The van der Waals surface area contributed by atoms with Crippen LogP contribution in [0.25, 0.3) is 16.2 Å². The average Bonchev–Trinajstić information content (AvgIpc) is 3.35. The lowest BCUT2D eigenvalue weighted by Crippen LogP contribution is -2.28. The van der Waals surface area contributed by atoms with Crippen molar-refractivity contribution in [1.29, 1.82) is 5.41 Å². The molecule has 4 N–H and O–H groups in total. The first-order chi connectivity index (χ1) is 13.7. The molecule has 1 saturated heterocycles. The fourth-order valence-electron chi connectivity index (χ4n) is 3.54. The van der Waals surface area contributed by atoms with Gasteiger partial charge >= 0.3 is 0 Å². The zero-order valence-corrected chi connectivity index (χ0v) is 16.9. The molecule has 7 nitrogen and oxygen atoms in total. The van der Waals surface area contributed by atoms with Crippen LogP contribution in [0.4, 0.5) is 5.82 Å². The zero-order valence-electron chi connectivity index (χ0n) is 16.1. The summed E-state index contributed by atoms with van der Waals surface area (Å²) >= 11 is 1.72. The molecule has 0 amide bonds. The number of piperidine rings is 1. The summed E-state index contributed by atoms with van der Waals surface area (Å²) in [5, 5.41) is 19.4. The number of thiophene rings is 1. The van der Waals surface area contributed by atoms with Gasteiger partial charge in [0, 0.05) is 38.1 Å². The number of aromatic nitrogens is 3. The Morgan fingerprint density at radius 3 is 3.04 bits per heavy atom. The summed E-state index contributed by atoms with van der Waals surface area (Å²) in [6.07, 6.45) is 9.34. The highest BCUT2D eigenvalue weighted by Crippen LogP contribution is 2.31. The zero-order chi connectivity index (χ0) is 19.5. The molecule has 1 aliphatic heterocycles.